The Bertz CT molecular complexity index is 1110. The zero-order valence-corrected chi connectivity index (χ0v) is 18.3. The number of benzene rings is 1. The number of quaternary nitrogens is 1. The summed E-state index contributed by atoms with van der Waals surface area (Å²) >= 11 is 0. The molecule has 4 heterocycles. The van der Waals surface area contributed by atoms with E-state index in [0.29, 0.717) is 12.5 Å². The molecule has 2 saturated heterocycles. The van der Waals surface area contributed by atoms with E-state index in [1.165, 1.54) is 4.90 Å². The molecule has 0 saturated carbocycles. The predicted octanol–water partition coefficient (Wildman–Crippen LogP) is 1.41. The molecular weight excluding hydrogens is 392 g/mol. The van der Waals surface area contributed by atoms with Crippen molar-refractivity contribution in [3.05, 3.63) is 51.6 Å². The predicted molar refractivity (Wildman–Crippen MR) is 117 cm³/mol. The van der Waals surface area contributed by atoms with Gasteiger partial charge in [0.1, 0.15) is 0 Å². The summed E-state index contributed by atoms with van der Waals surface area (Å²) in [7, 11) is 0. The topological polar surface area (TPSA) is 90.1 Å². The van der Waals surface area contributed by atoms with Gasteiger partial charge in [-0.25, -0.2) is 4.68 Å². The van der Waals surface area contributed by atoms with Crippen LogP contribution in [0.15, 0.2) is 29.1 Å². The lowest BCUT2D eigenvalue weighted by Gasteiger charge is -2.33. The molecule has 5 rings (SSSR count). The van der Waals surface area contributed by atoms with E-state index in [1.54, 1.807) is 0 Å². The number of pyridine rings is 1. The standard InChI is InChI=1S/C23H30N6O2/c1-15-7-9-28(10-8-15)21(22-25-26-27-29(22)14-18-4-3-11-31-18)19-13-17-6-5-16(2)12-20(17)24-23(19)30/h5-6,12-13,15,18,21H,3-4,7-11,14H2,1-2H3,(H,24,30)/p+1/t18-,21+/m0/s1. The third kappa shape index (κ3) is 4.14. The minimum Gasteiger partial charge on any atom is -0.376 e. The molecule has 2 atom stereocenters. The second kappa shape index (κ2) is 8.51. The van der Waals surface area contributed by atoms with Crippen molar-refractivity contribution >= 4 is 10.9 Å². The largest absolute Gasteiger partial charge is 0.376 e. The Morgan fingerprint density at radius 1 is 1.26 bits per heavy atom. The summed E-state index contributed by atoms with van der Waals surface area (Å²) in [5.74, 6) is 1.47. The number of nitrogens with one attached hydrogen (secondary N) is 2. The molecule has 2 aliphatic heterocycles. The normalized spacial score (nSPS) is 25.2. The average Bonchev–Trinajstić information content (AvgIpc) is 3.43. The van der Waals surface area contributed by atoms with Gasteiger partial charge in [0.05, 0.1) is 31.3 Å². The number of aromatic nitrogens is 5. The van der Waals surface area contributed by atoms with Gasteiger partial charge in [-0.05, 0) is 72.0 Å². The maximum Gasteiger partial charge on any atom is 0.258 e. The molecule has 2 aliphatic rings. The second-order valence-electron chi connectivity index (χ2n) is 9.27. The number of hydrogen-bond acceptors (Lipinski definition) is 5. The monoisotopic (exact) mass is 423 g/mol. The first kappa shape index (κ1) is 20.3. The lowest BCUT2D eigenvalue weighted by molar-refractivity contribution is -0.932. The number of piperidine rings is 1. The number of ether oxygens (including phenoxy) is 1. The summed E-state index contributed by atoms with van der Waals surface area (Å²) < 4.78 is 7.69. The molecule has 3 aromatic rings. The fourth-order valence-electron chi connectivity index (χ4n) is 5.04. The molecule has 0 radical (unpaired) electrons. The van der Waals surface area contributed by atoms with Crippen molar-refractivity contribution in [2.45, 2.75) is 58.2 Å². The van der Waals surface area contributed by atoms with Crippen molar-refractivity contribution in [1.29, 1.82) is 0 Å². The summed E-state index contributed by atoms with van der Waals surface area (Å²) in [4.78, 5) is 17.7. The minimum atomic E-state index is -0.196. The highest BCUT2D eigenvalue weighted by Crippen LogP contribution is 2.22. The van der Waals surface area contributed by atoms with E-state index in [9.17, 15) is 4.79 Å². The quantitative estimate of drug-likeness (QED) is 0.648. The van der Waals surface area contributed by atoms with Crippen molar-refractivity contribution in [3.63, 3.8) is 0 Å². The van der Waals surface area contributed by atoms with E-state index in [4.69, 9.17) is 4.74 Å². The number of aryl methyl sites for hydroxylation is 1. The molecule has 0 aliphatic carbocycles. The second-order valence-corrected chi connectivity index (χ2v) is 9.27. The fraction of sp³-hybridized carbons (Fsp3) is 0.565. The summed E-state index contributed by atoms with van der Waals surface area (Å²) in [6, 6.07) is 8.01. The van der Waals surface area contributed by atoms with E-state index < -0.39 is 0 Å². The van der Waals surface area contributed by atoms with Gasteiger partial charge in [0.2, 0.25) is 5.82 Å². The van der Waals surface area contributed by atoms with Crippen molar-refractivity contribution in [1.82, 2.24) is 25.2 Å². The highest BCUT2D eigenvalue weighted by Gasteiger charge is 2.36. The molecule has 2 fully saturated rings. The number of fused-ring (bicyclic) bond motifs is 1. The molecule has 2 aromatic heterocycles. The number of aromatic amines is 1. The molecule has 164 valence electrons. The van der Waals surface area contributed by atoms with Crippen LogP contribution >= 0.6 is 0 Å². The molecule has 8 heteroatoms. The van der Waals surface area contributed by atoms with Gasteiger partial charge in [-0.1, -0.05) is 19.1 Å². The van der Waals surface area contributed by atoms with Gasteiger partial charge < -0.3 is 14.6 Å². The lowest BCUT2D eigenvalue weighted by atomic mass is 9.95. The maximum absolute atomic E-state index is 13.3. The molecular formula is C23H31N6O2+. The fourth-order valence-corrected chi connectivity index (χ4v) is 5.04. The molecule has 8 nitrogen and oxygen atoms in total. The third-order valence-electron chi connectivity index (χ3n) is 6.88. The number of nitrogens with zero attached hydrogens (tertiary/aromatic N) is 4. The van der Waals surface area contributed by atoms with Gasteiger partial charge in [0.25, 0.3) is 5.56 Å². The Morgan fingerprint density at radius 2 is 2.10 bits per heavy atom. The van der Waals surface area contributed by atoms with Crippen LogP contribution in [0.25, 0.3) is 10.9 Å². The molecule has 31 heavy (non-hydrogen) atoms. The number of H-pyrrole nitrogens is 1. The molecule has 1 aromatic carbocycles. The SMILES string of the molecule is Cc1ccc2cc([C@H](c3nnnn3C[C@@H]3CCCO3)[NH+]3CCC(C)CC3)c(=O)[nH]c2c1. The number of hydrogen-bond donors (Lipinski definition) is 2. The molecule has 0 bridgehead atoms. The Balaban J connectivity index is 1.58. The van der Waals surface area contributed by atoms with Crippen LogP contribution in [0.4, 0.5) is 0 Å². The Kier molecular flexibility index (Phi) is 5.58. The zero-order valence-electron chi connectivity index (χ0n) is 18.3. The number of likely N-dealkylation sites (tertiary alicyclic amines) is 1. The van der Waals surface area contributed by atoms with Crippen molar-refractivity contribution in [2.75, 3.05) is 19.7 Å². The van der Waals surface area contributed by atoms with Gasteiger partial charge in [0, 0.05) is 12.1 Å². The summed E-state index contributed by atoms with van der Waals surface area (Å²) in [5.41, 5.74) is 2.68. The molecule has 2 N–H and O–H groups in total. The molecule has 0 amide bonds. The van der Waals surface area contributed by atoms with Crippen molar-refractivity contribution in [3.8, 4) is 0 Å². The highest BCUT2D eigenvalue weighted by molar-refractivity contribution is 5.79. The molecule has 0 unspecified atom stereocenters. The van der Waals surface area contributed by atoms with Crippen LogP contribution in [0.1, 0.15) is 55.6 Å². The molecule has 0 spiro atoms. The highest BCUT2D eigenvalue weighted by atomic mass is 16.5. The zero-order chi connectivity index (χ0) is 21.4. The summed E-state index contributed by atoms with van der Waals surface area (Å²) in [5, 5.41) is 13.8. The summed E-state index contributed by atoms with van der Waals surface area (Å²) in [6.45, 7) is 7.77. The van der Waals surface area contributed by atoms with Crippen LogP contribution in [0.5, 0.6) is 0 Å². The van der Waals surface area contributed by atoms with Crippen LogP contribution in [0, 0.1) is 12.8 Å². The van der Waals surface area contributed by atoms with Crippen LogP contribution in [-0.2, 0) is 11.3 Å². The van der Waals surface area contributed by atoms with E-state index >= 15 is 0 Å². The van der Waals surface area contributed by atoms with Crippen LogP contribution in [0.3, 0.4) is 0 Å². The number of tetrazole rings is 1. The first-order valence-electron chi connectivity index (χ1n) is 11.4. The van der Waals surface area contributed by atoms with Crippen LogP contribution < -0.4 is 10.5 Å². The third-order valence-corrected chi connectivity index (χ3v) is 6.88. The van der Waals surface area contributed by atoms with Gasteiger partial charge in [-0.3, -0.25) is 4.79 Å². The van der Waals surface area contributed by atoms with E-state index in [-0.39, 0.29) is 17.7 Å². The van der Waals surface area contributed by atoms with Crippen LogP contribution in [-0.4, -0.2) is 51.0 Å². The smallest absolute Gasteiger partial charge is 0.258 e. The maximum atomic E-state index is 13.3. The van der Waals surface area contributed by atoms with Gasteiger partial charge in [0.15, 0.2) is 6.04 Å². The number of rotatable bonds is 5. The Labute approximate surface area is 181 Å². The Morgan fingerprint density at radius 3 is 2.87 bits per heavy atom. The lowest BCUT2D eigenvalue weighted by Crippen LogP contribution is -3.13. The summed E-state index contributed by atoms with van der Waals surface area (Å²) in [6.07, 6.45) is 4.52. The van der Waals surface area contributed by atoms with E-state index in [1.807, 2.05) is 23.7 Å². The van der Waals surface area contributed by atoms with Gasteiger partial charge in [-0.2, -0.15) is 0 Å². The van der Waals surface area contributed by atoms with Crippen molar-refractivity contribution in [2.24, 2.45) is 5.92 Å². The minimum absolute atomic E-state index is 0.0547. The van der Waals surface area contributed by atoms with Crippen molar-refractivity contribution < 1.29 is 9.64 Å². The first-order valence-corrected chi connectivity index (χ1v) is 11.4. The average molecular weight is 424 g/mol. The van der Waals surface area contributed by atoms with Gasteiger partial charge >= 0.3 is 0 Å². The van der Waals surface area contributed by atoms with Gasteiger partial charge in [-0.15, -0.1) is 5.10 Å². The van der Waals surface area contributed by atoms with Crippen LogP contribution in [0.2, 0.25) is 0 Å². The Hall–Kier alpha value is -2.58. The first-order chi connectivity index (χ1) is 15.1. The van der Waals surface area contributed by atoms with E-state index in [0.717, 1.165) is 73.2 Å². The van der Waals surface area contributed by atoms with E-state index in [2.05, 4.69) is 39.6 Å².